The van der Waals surface area contributed by atoms with Crippen LogP contribution in [-0.4, -0.2) is 21.8 Å². The molecule has 1 N–H and O–H groups in total. The van der Waals surface area contributed by atoms with Crippen molar-refractivity contribution in [3.63, 3.8) is 0 Å². The first-order valence-electron chi connectivity index (χ1n) is 7.94. The summed E-state index contributed by atoms with van der Waals surface area (Å²) < 4.78 is 53.8. The number of nitrogens with one attached hydrogen (secondary N) is 1. The Bertz CT molecular complexity index is 1030. The SMILES string of the molecule is O=c1nc(N[C@@H]2C[C@@H]2F)c2ccc(C(F)(F)F)cc2n1-c1ccccc1. The van der Waals surface area contributed by atoms with E-state index in [0.29, 0.717) is 11.1 Å². The van der Waals surface area contributed by atoms with Crippen molar-refractivity contribution in [2.24, 2.45) is 0 Å². The minimum Gasteiger partial charge on any atom is -0.364 e. The van der Waals surface area contributed by atoms with Crippen molar-refractivity contribution in [3.05, 3.63) is 64.6 Å². The highest BCUT2D eigenvalue weighted by Gasteiger charge is 2.38. The lowest BCUT2D eigenvalue weighted by atomic mass is 10.1. The molecule has 1 aliphatic rings. The number of rotatable bonds is 3. The molecule has 0 radical (unpaired) electrons. The first-order valence-corrected chi connectivity index (χ1v) is 7.94. The fourth-order valence-electron chi connectivity index (χ4n) is 2.83. The topological polar surface area (TPSA) is 46.9 Å². The van der Waals surface area contributed by atoms with Gasteiger partial charge in [0.15, 0.2) is 0 Å². The highest BCUT2D eigenvalue weighted by Crippen LogP contribution is 2.35. The van der Waals surface area contributed by atoms with Gasteiger partial charge in [-0.1, -0.05) is 18.2 Å². The van der Waals surface area contributed by atoms with Gasteiger partial charge in [0.1, 0.15) is 12.0 Å². The Kier molecular flexibility index (Phi) is 3.71. The molecule has 0 bridgehead atoms. The van der Waals surface area contributed by atoms with Crippen molar-refractivity contribution < 1.29 is 17.6 Å². The van der Waals surface area contributed by atoms with Crippen LogP contribution in [0.1, 0.15) is 12.0 Å². The van der Waals surface area contributed by atoms with Crippen LogP contribution in [0.3, 0.4) is 0 Å². The minimum atomic E-state index is -4.55. The average Bonchev–Trinajstić information content (AvgIpc) is 3.29. The van der Waals surface area contributed by atoms with E-state index >= 15 is 0 Å². The maximum atomic E-state index is 13.2. The van der Waals surface area contributed by atoms with Crippen LogP contribution in [0.15, 0.2) is 53.3 Å². The van der Waals surface area contributed by atoms with Crippen molar-refractivity contribution in [1.82, 2.24) is 9.55 Å². The number of hydrogen-bond acceptors (Lipinski definition) is 3. The summed E-state index contributed by atoms with van der Waals surface area (Å²) in [5.74, 6) is 0.0936. The van der Waals surface area contributed by atoms with Gasteiger partial charge in [-0.15, -0.1) is 0 Å². The van der Waals surface area contributed by atoms with E-state index in [1.807, 2.05) is 0 Å². The number of benzene rings is 2. The molecule has 1 heterocycles. The molecule has 1 fully saturated rings. The van der Waals surface area contributed by atoms with E-state index < -0.39 is 29.6 Å². The maximum Gasteiger partial charge on any atom is 0.416 e. The van der Waals surface area contributed by atoms with E-state index in [1.165, 1.54) is 6.07 Å². The highest BCUT2D eigenvalue weighted by molar-refractivity contribution is 5.91. The van der Waals surface area contributed by atoms with E-state index in [-0.39, 0.29) is 17.8 Å². The van der Waals surface area contributed by atoms with Crippen LogP contribution in [0.5, 0.6) is 0 Å². The molecule has 0 spiro atoms. The monoisotopic (exact) mass is 363 g/mol. The number of aromatic nitrogens is 2. The summed E-state index contributed by atoms with van der Waals surface area (Å²) in [5, 5.41) is 3.13. The molecule has 1 aromatic heterocycles. The third kappa shape index (κ3) is 2.91. The molecule has 2 aromatic carbocycles. The van der Waals surface area contributed by atoms with Gasteiger partial charge in [-0.2, -0.15) is 18.2 Å². The number of halogens is 4. The molecule has 0 unspecified atom stereocenters. The van der Waals surface area contributed by atoms with Crippen LogP contribution in [0.2, 0.25) is 0 Å². The summed E-state index contributed by atoms with van der Waals surface area (Å²) in [6.45, 7) is 0. The Hall–Kier alpha value is -2.90. The smallest absolute Gasteiger partial charge is 0.364 e. The van der Waals surface area contributed by atoms with Gasteiger partial charge in [0.25, 0.3) is 0 Å². The standard InChI is InChI=1S/C18H13F4N3O/c19-13-9-14(13)23-16-12-7-6-10(18(20,21)22)8-15(12)25(17(26)24-16)11-4-2-1-3-5-11/h1-8,13-14H,9H2,(H,23,24,26)/t13-,14+/m0/s1. The molecule has 1 aliphatic carbocycles. The zero-order valence-electron chi connectivity index (χ0n) is 13.3. The van der Waals surface area contributed by atoms with Gasteiger partial charge >= 0.3 is 11.9 Å². The number of para-hydroxylation sites is 1. The van der Waals surface area contributed by atoms with Crippen LogP contribution >= 0.6 is 0 Å². The molecule has 0 saturated heterocycles. The zero-order chi connectivity index (χ0) is 18.5. The normalized spacial score (nSPS) is 19.5. The molecule has 2 atom stereocenters. The van der Waals surface area contributed by atoms with Gasteiger partial charge in [0, 0.05) is 11.8 Å². The molecule has 3 aromatic rings. The lowest BCUT2D eigenvalue weighted by molar-refractivity contribution is -0.137. The summed E-state index contributed by atoms with van der Waals surface area (Å²) in [4.78, 5) is 16.5. The predicted octanol–water partition coefficient (Wildman–Crippen LogP) is 3.93. The summed E-state index contributed by atoms with van der Waals surface area (Å²) in [5.41, 5.74) is -1.15. The second-order valence-electron chi connectivity index (χ2n) is 6.15. The average molecular weight is 363 g/mol. The number of anilines is 1. The molecule has 1 saturated carbocycles. The van der Waals surface area contributed by atoms with Crippen LogP contribution in [0, 0.1) is 0 Å². The largest absolute Gasteiger partial charge is 0.416 e. The quantitative estimate of drug-likeness (QED) is 0.718. The Morgan fingerprint density at radius 2 is 1.81 bits per heavy atom. The van der Waals surface area contributed by atoms with Gasteiger partial charge in [-0.3, -0.25) is 4.57 Å². The predicted molar refractivity (Wildman–Crippen MR) is 89.3 cm³/mol. The summed E-state index contributed by atoms with van der Waals surface area (Å²) in [6.07, 6.45) is -5.31. The van der Waals surface area contributed by atoms with Crippen molar-refractivity contribution >= 4 is 16.7 Å². The Morgan fingerprint density at radius 3 is 2.42 bits per heavy atom. The minimum absolute atomic E-state index is 0.0598. The van der Waals surface area contributed by atoms with Crippen molar-refractivity contribution in [2.75, 3.05) is 5.32 Å². The second-order valence-corrected chi connectivity index (χ2v) is 6.15. The first-order chi connectivity index (χ1) is 12.3. The molecule has 134 valence electrons. The van der Waals surface area contributed by atoms with Crippen molar-refractivity contribution in [3.8, 4) is 5.69 Å². The van der Waals surface area contributed by atoms with Crippen molar-refractivity contribution in [2.45, 2.75) is 24.8 Å². The summed E-state index contributed by atoms with van der Waals surface area (Å²) in [7, 11) is 0. The molecule has 4 nitrogen and oxygen atoms in total. The summed E-state index contributed by atoms with van der Waals surface area (Å²) >= 11 is 0. The second kappa shape index (κ2) is 5.82. The van der Waals surface area contributed by atoms with E-state index in [2.05, 4.69) is 10.3 Å². The van der Waals surface area contributed by atoms with Gasteiger partial charge in [-0.05, 0) is 30.3 Å². The number of nitrogens with zero attached hydrogens (tertiary/aromatic N) is 2. The lowest BCUT2D eigenvalue weighted by Crippen LogP contribution is -2.24. The van der Waals surface area contributed by atoms with E-state index in [0.717, 1.165) is 16.7 Å². The van der Waals surface area contributed by atoms with E-state index in [9.17, 15) is 22.4 Å². The summed E-state index contributed by atoms with van der Waals surface area (Å²) in [6, 6.07) is 10.9. The number of alkyl halides is 4. The fraction of sp³-hybridized carbons (Fsp3) is 0.222. The molecule has 0 aliphatic heterocycles. The molecule has 8 heteroatoms. The van der Waals surface area contributed by atoms with E-state index in [4.69, 9.17) is 0 Å². The Morgan fingerprint density at radius 1 is 1.12 bits per heavy atom. The van der Waals surface area contributed by atoms with Crippen LogP contribution in [0.4, 0.5) is 23.4 Å². The van der Waals surface area contributed by atoms with E-state index in [1.54, 1.807) is 30.3 Å². The lowest BCUT2D eigenvalue weighted by Gasteiger charge is -2.15. The van der Waals surface area contributed by atoms with Crippen molar-refractivity contribution in [1.29, 1.82) is 0 Å². The molecule has 0 amide bonds. The first kappa shape index (κ1) is 16.6. The van der Waals surface area contributed by atoms with Gasteiger partial charge < -0.3 is 5.32 Å². The third-order valence-electron chi connectivity index (χ3n) is 4.27. The fourth-order valence-corrected chi connectivity index (χ4v) is 2.83. The Labute approximate surface area is 145 Å². The zero-order valence-corrected chi connectivity index (χ0v) is 13.3. The molecular weight excluding hydrogens is 350 g/mol. The number of fused-ring (bicyclic) bond motifs is 1. The third-order valence-corrected chi connectivity index (χ3v) is 4.27. The number of hydrogen-bond donors (Lipinski definition) is 1. The maximum absolute atomic E-state index is 13.2. The molecule has 4 rings (SSSR count). The highest BCUT2D eigenvalue weighted by atomic mass is 19.4. The van der Waals surface area contributed by atoms with Crippen LogP contribution in [0.25, 0.3) is 16.6 Å². The Balaban J connectivity index is 1.98. The molecular formula is C18H13F4N3O. The van der Waals surface area contributed by atoms with Gasteiger partial charge in [0.05, 0.1) is 22.8 Å². The van der Waals surface area contributed by atoms with Gasteiger partial charge in [0.2, 0.25) is 0 Å². The van der Waals surface area contributed by atoms with Crippen LogP contribution < -0.4 is 11.0 Å². The van der Waals surface area contributed by atoms with Crippen LogP contribution in [-0.2, 0) is 6.18 Å². The van der Waals surface area contributed by atoms with Gasteiger partial charge in [-0.25, -0.2) is 9.18 Å². The molecule has 26 heavy (non-hydrogen) atoms.